The van der Waals surface area contributed by atoms with Crippen molar-refractivity contribution in [2.24, 2.45) is 4.99 Å². The molecule has 0 aliphatic heterocycles. The van der Waals surface area contributed by atoms with Crippen molar-refractivity contribution in [1.29, 1.82) is 0 Å². The van der Waals surface area contributed by atoms with Crippen LogP contribution in [0.25, 0.3) is 21.8 Å². The molecule has 0 aliphatic rings. The molecular formula is C27H20N4OS. The zero-order valence-electron chi connectivity index (χ0n) is 17.7. The minimum absolute atomic E-state index is 0.107. The van der Waals surface area contributed by atoms with Crippen LogP contribution in [0.3, 0.4) is 0 Å². The first-order valence-electron chi connectivity index (χ1n) is 10.5. The maximum atomic E-state index is 12.7. The zero-order valence-corrected chi connectivity index (χ0v) is 18.5. The highest BCUT2D eigenvalue weighted by Crippen LogP contribution is 2.35. The average molecular weight is 449 g/mol. The first kappa shape index (κ1) is 20.8. The number of nitrogens with one attached hydrogen (secondary N) is 1. The van der Waals surface area contributed by atoms with Gasteiger partial charge in [-0.15, -0.1) is 0 Å². The van der Waals surface area contributed by atoms with Crippen LogP contribution in [0.1, 0.15) is 27.7 Å². The second-order valence-corrected chi connectivity index (χ2v) is 8.24. The summed E-state index contributed by atoms with van der Waals surface area (Å²) in [6, 6.07) is 30.6. The van der Waals surface area contributed by atoms with Gasteiger partial charge in [-0.05, 0) is 35.2 Å². The summed E-state index contributed by atoms with van der Waals surface area (Å²) in [5, 5.41) is 2.08. The van der Waals surface area contributed by atoms with Gasteiger partial charge in [0, 0.05) is 17.5 Å². The Morgan fingerprint density at radius 3 is 2.27 bits per heavy atom. The standard InChI is InChI=1S/C27H20N4OS/c1-28-24(21-15-9-13-18-10-5-6-14-20(18)21)25-26(30-23-17-8-7-16-22(23)29-25)31-33-27(32)19-11-3-2-4-12-19/h2-17,24H,1H2,(H,30,31). The maximum Gasteiger partial charge on any atom is 0.239 e. The van der Waals surface area contributed by atoms with Crippen molar-refractivity contribution >= 4 is 51.4 Å². The van der Waals surface area contributed by atoms with Crippen molar-refractivity contribution in [3.05, 3.63) is 114 Å². The number of nitrogens with zero attached hydrogens (tertiary/aromatic N) is 3. The summed E-state index contributed by atoms with van der Waals surface area (Å²) in [5.74, 6) is 0.494. The Morgan fingerprint density at radius 1 is 0.818 bits per heavy atom. The topological polar surface area (TPSA) is 67.2 Å². The molecule has 0 radical (unpaired) electrons. The molecule has 5 nitrogen and oxygen atoms in total. The average Bonchev–Trinajstić information content (AvgIpc) is 2.88. The first-order valence-corrected chi connectivity index (χ1v) is 11.3. The quantitative estimate of drug-likeness (QED) is 0.238. The molecule has 6 heteroatoms. The lowest BCUT2D eigenvalue weighted by molar-refractivity contribution is 0.108. The summed E-state index contributed by atoms with van der Waals surface area (Å²) in [5.41, 5.74) is 3.70. The molecule has 160 valence electrons. The molecule has 0 aliphatic carbocycles. The number of aliphatic imine (C=N–C) groups is 1. The molecule has 0 saturated carbocycles. The van der Waals surface area contributed by atoms with Crippen LogP contribution in [0.5, 0.6) is 0 Å². The molecule has 1 aromatic heterocycles. The van der Waals surface area contributed by atoms with E-state index in [0.29, 0.717) is 17.1 Å². The fourth-order valence-electron chi connectivity index (χ4n) is 3.83. The molecule has 5 aromatic rings. The Kier molecular flexibility index (Phi) is 5.83. The van der Waals surface area contributed by atoms with Gasteiger partial charge in [-0.25, -0.2) is 9.97 Å². The monoisotopic (exact) mass is 448 g/mol. The third-order valence-electron chi connectivity index (χ3n) is 5.41. The van der Waals surface area contributed by atoms with Gasteiger partial charge in [-0.1, -0.05) is 84.9 Å². The van der Waals surface area contributed by atoms with Crippen LogP contribution in [-0.2, 0) is 0 Å². The molecule has 33 heavy (non-hydrogen) atoms. The Labute approximate surface area is 195 Å². The highest BCUT2D eigenvalue weighted by atomic mass is 32.2. The normalized spacial score (nSPS) is 11.9. The summed E-state index contributed by atoms with van der Waals surface area (Å²) in [4.78, 5) is 26.8. The lowest BCUT2D eigenvalue weighted by atomic mass is 9.97. The third-order valence-corrected chi connectivity index (χ3v) is 6.12. The van der Waals surface area contributed by atoms with Gasteiger partial charge in [-0.2, -0.15) is 0 Å². The van der Waals surface area contributed by atoms with E-state index in [1.165, 1.54) is 0 Å². The molecule has 1 atom stereocenters. The Bertz CT molecular complexity index is 1460. The van der Waals surface area contributed by atoms with Crippen molar-refractivity contribution in [1.82, 2.24) is 9.97 Å². The molecule has 1 heterocycles. The molecular weight excluding hydrogens is 428 g/mol. The van der Waals surface area contributed by atoms with E-state index in [4.69, 9.17) is 9.97 Å². The third kappa shape index (κ3) is 4.21. The van der Waals surface area contributed by atoms with Gasteiger partial charge in [-0.3, -0.25) is 9.79 Å². The van der Waals surface area contributed by atoms with Crippen LogP contribution in [0, 0.1) is 0 Å². The molecule has 0 spiro atoms. The van der Waals surface area contributed by atoms with Crippen LogP contribution in [0.15, 0.2) is 102 Å². The number of para-hydroxylation sites is 2. The number of anilines is 1. The Balaban J connectivity index is 1.59. The van der Waals surface area contributed by atoms with Gasteiger partial charge in [0.15, 0.2) is 5.82 Å². The molecule has 1 N–H and O–H groups in total. The number of carbonyl (C=O) groups is 1. The van der Waals surface area contributed by atoms with Gasteiger partial charge in [0.05, 0.1) is 11.0 Å². The zero-order chi connectivity index (χ0) is 22.6. The summed E-state index contributed by atoms with van der Waals surface area (Å²) in [6.45, 7) is 3.87. The smallest absolute Gasteiger partial charge is 0.239 e. The number of hydrogen-bond acceptors (Lipinski definition) is 6. The van der Waals surface area contributed by atoms with Crippen molar-refractivity contribution in [2.45, 2.75) is 6.04 Å². The van der Waals surface area contributed by atoms with E-state index in [2.05, 4.69) is 34.6 Å². The molecule has 0 saturated heterocycles. The van der Waals surface area contributed by atoms with Crippen molar-refractivity contribution < 1.29 is 4.79 Å². The van der Waals surface area contributed by atoms with Crippen LogP contribution in [-0.4, -0.2) is 21.8 Å². The Morgan fingerprint density at radius 2 is 1.48 bits per heavy atom. The van der Waals surface area contributed by atoms with Gasteiger partial charge in [0.25, 0.3) is 0 Å². The summed E-state index contributed by atoms with van der Waals surface area (Å²) in [7, 11) is 0. The second kappa shape index (κ2) is 9.22. The van der Waals surface area contributed by atoms with Gasteiger partial charge in [0.1, 0.15) is 11.7 Å². The maximum absolute atomic E-state index is 12.7. The number of aromatic nitrogens is 2. The first-order chi connectivity index (χ1) is 16.2. The summed E-state index contributed by atoms with van der Waals surface area (Å²) < 4.78 is 3.14. The Hall–Kier alpha value is -4.03. The molecule has 4 aromatic carbocycles. The lowest BCUT2D eigenvalue weighted by Crippen LogP contribution is -2.09. The minimum atomic E-state index is -0.455. The number of hydrogen-bond donors (Lipinski definition) is 1. The van der Waals surface area contributed by atoms with E-state index in [-0.39, 0.29) is 5.12 Å². The predicted molar refractivity (Wildman–Crippen MR) is 137 cm³/mol. The molecule has 5 rings (SSSR count). The van der Waals surface area contributed by atoms with Crippen molar-refractivity contribution in [3.63, 3.8) is 0 Å². The fourth-order valence-corrected chi connectivity index (χ4v) is 4.42. The van der Waals surface area contributed by atoms with Gasteiger partial charge >= 0.3 is 0 Å². The lowest BCUT2D eigenvalue weighted by Gasteiger charge is -2.18. The van der Waals surface area contributed by atoms with E-state index in [0.717, 1.165) is 39.3 Å². The number of rotatable bonds is 6. The van der Waals surface area contributed by atoms with E-state index >= 15 is 0 Å². The van der Waals surface area contributed by atoms with Crippen molar-refractivity contribution in [2.75, 3.05) is 4.72 Å². The van der Waals surface area contributed by atoms with Crippen LogP contribution >= 0.6 is 11.9 Å². The number of fused-ring (bicyclic) bond motifs is 2. The van der Waals surface area contributed by atoms with Crippen LogP contribution < -0.4 is 4.72 Å². The van der Waals surface area contributed by atoms with Crippen LogP contribution in [0.2, 0.25) is 0 Å². The molecule has 0 fully saturated rings. The highest BCUT2D eigenvalue weighted by molar-refractivity contribution is 8.15. The SMILES string of the molecule is C=NC(c1nc2ccccc2nc1NSC(=O)c1ccccc1)c1cccc2ccccc12. The van der Waals surface area contributed by atoms with E-state index in [1.54, 1.807) is 12.1 Å². The summed E-state index contributed by atoms with van der Waals surface area (Å²) in [6.07, 6.45) is 0. The predicted octanol–water partition coefficient (Wildman–Crippen LogP) is 6.47. The second-order valence-electron chi connectivity index (χ2n) is 7.46. The largest absolute Gasteiger partial charge is 0.306 e. The fraction of sp³-hybridized carbons (Fsp3) is 0.0370. The van der Waals surface area contributed by atoms with Crippen molar-refractivity contribution in [3.8, 4) is 0 Å². The molecule has 0 bridgehead atoms. The summed E-state index contributed by atoms with van der Waals surface area (Å²) >= 11 is 0.979. The number of benzene rings is 4. The molecule has 1 unspecified atom stereocenters. The minimum Gasteiger partial charge on any atom is -0.306 e. The van der Waals surface area contributed by atoms with Gasteiger partial charge < -0.3 is 4.72 Å². The van der Waals surface area contributed by atoms with Crippen LogP contribution in [0.4, 0.5) is 5.82 Å². The van der Waals surface area contributed by atoms with E-state index < -0.39 is 6.04 Å². The molecule has 0 amide bonds. The van der Waals surface area contributed by atoms with E-state index in [1.807, 2.05) is 66.7 Å². The van der Waals surface area contributed by atoms with Gasteiger partial charge in [0.2, 0.25) is 5.12 Å². The van der Waals surface area contributed by atoms with E-state index in [9.17, 15) is 4.79 Å². The number of carbonyl (C=O) groups excluding carboxylic acids is 1. The highest BCUT2D eigenvalue weighted by Gasteiger charge is 2.22.